The molecule has 2 aliphatic carbocycles. The number of nitrogens with two attached hydrogens (primary N) is 1. The maximum Gasteiger partial charge on any atom is 0.161 e. The highest BCUT2D eigenvalue weighted by molar-refractivity contribution is 5.42. The molecule has 1 saturated carbocycles. The van der Waals surface area contributed by atoms with Gasteiger partial charge in [0.1, 0.15) is 24.2 Å². The Morgan fingerprint density at radius 2 is 1.83 bits per heavy atom. The van der Waals surface area contributed by atoms with Crippen molar-refractivity contribution in [1.29, 1.82) is 0 Å². The van der Waals surface area contributed by atoms with Crippen molar-refractivity contribution in [3.05, 3.63) is 69.9 Å². The quantitative estimate of drug-likeness (QED) is 0.0500. The van der Waals surface area contributed by atoms with Gasteiger partial charge in [-0.05, 0) is 105 Å². The molecule has 0 radical (unpaired) electrons. The maximum atomic E-state index is 11.2. The Hall–Kier alpha value is -2.82. The van der Waals surface area contributed by atoms with Crippen LogP contribution in [0.4, 0.5) is 0 Å². The van der Waals surface area contributed by atoms with Crippen LogP contribution >= 0.6 is 0 Å². The fourth-order valence-corrected chi connectivity index (χ4v) is 8.90. The van der Waals surface area contributed by atoms with Crippen LogP contribution in [0.3, 0.4) is 0 Å². The van der Waals surface area contributed by atoms with Crippen molar-refractivity contribution in [3.63, 3.8) is 0 Å². The van der Waals surface area contributed by atoms with Gasteiger partial charge in [0.2, 0.25) is 0 Å². The Labute approximate surface area is 311 Å². The topological polar surface area (TPSA) is 157 Å². The average molecular weight is 722 g/mol. The van der Waals surface area contributed by atoms with Gasteiger partial charge in [-0.2, -0.15) is 0 Å². The van der Waals surface area contributed by atoms with Crippen LogP contribution in [0.25, 0.3) is 0 Å². The first-order chi connectivity index (χ1) is 25.3. The molecule has 9 heteroatoms. The second-order valence-corrected chi connectivity index (χ2v) is 15.8. The first-order valence-corrected chi connectivity index (χ1v) is 20.4. The van der Waals surface area contributed by atoms with Crippen LogP contribution in [-0.2, 0) is 32.3 Å². The first kappa shape index (κ1) is 40.4. The highest BCUT2D eigenvalue weighted by atomic mass is 16.5. The number of aromatic nitrogens is 1. The monoisotopic (exact) mass is 722 g/mol. The number of fused-ring (bicyclic) bond motifs is 2. The Morgan fingerprint density at radius 1 is 1.00 bits per heavy atom. The smallest absolute Gasteiger partial charge is 0.161 e. The van der Waals surface area contributed by atoms with Crippen LogP contribution in [0.5, 0.6) is 11.5 Å². The van der Waals surface area contributed by atoms with Crippen LogP contribution in [0.15, 0.2) is 34.7 Å². The van der Waals surface area contributed by atoms with E-state index in [1.54, 1.807) is 6.07 Å². The molecule has 5 rings (SSSR count). The number of furan rings is 1. The summed E-state index contributed by atoms with van der Waals surface area (Å²) in [5, 5.41) is 45.2. The SMILES string of the molecule is CCCCCC(CCN)CCCCc1oc(CCc2ccc(O)c(OCC(O)c3cc4c([nH]3)CCC3CCCC3C4CNCC(C)O)c2)cc1CO. The molecule has 3 aromatic rings. The predicted molar refractivity (Wildman–Crippen MR) is 207 cm³/mol. The highest BCUT2D eigenvalue weighted by Gasteiger charge is 2.38. The number of aliphatic hydroxyl groups is 3. The highest BCUT2D eigenvalue weighted by Crippen LogP contribution is 2.47. The van der Waals surface area contributed by atoms with Crippen molar-refractivity contribution < 1.29 is 29.6 Å². The number of unbranched alkanes of at least 4 members (excludes halogenated alkanes) is 3. The summed E-state index contributed by atoms with van der Waals surface area (Å²) in [6.45, 7) is 6.18. The van der Waals surface area contributed by atoms with Crippen molar-refractivity contribution >= 4 is 0 Å². The molecule has 2 aliphatic rings. The lowest BCUT2D eigenvalue weighted by Crippen LogP contribution is -2.32. The minimum absolute atomic E-state index is 0.0144. The van der Waals surface area contributed by atoms with E-state index in [9.17, 15) is 20.4 Å². The van der Waals surface area contributed by atoms with Gasteiger partial charge < -0.3 is 45.6 Å². The molecule has 9 nitrogen and oxygen atoms in total. The van der Waals surface area contributed by atoms with Crippen molar-refractivity contribution in [2.24, 2.45) is 23.5 Å². The number of nitrogens with one attached hydrogen (secondary N) is 2. The number of aromatic hydroxyl groups is 1. The number of aryl methyl sites for hydroxylation is 4. The number of rotatable bonds is 23. The van der Waals surface area contributed by atoms with E-state index in [0.717, 1.165) is 85.9 Å². The van der Waals surface area contributed by atoms with Crippen molar-refractivity contribution in [2.45, 2.75) is 141 Å². The van der Waals surface area contributed by atoms with E-state index in [-0.39, 0.29) is 25.1 Å². The van der Waals surface area contributed by atoms with Gasteiger partial charge in [0, 0.05) is 48.8 Å². The van der Waals surface area contributed by atoms with E-state index >= 15 is 0 Å². The van der Waals surface area contributed by atoms with Gasteiger partial charge in [0.15, 0.2) is 11.5 Å². The van der Waals surface area contributed by atoms with Gasteiger partial charge in [-0.25, -0.2) is 0 Å². The van der Waals surface area contributed by atoms with Crippen LogP contribution in [0, 0.1) is 17.8 Å². The predicted octanol–water partition coefficient (Wildman–Crippen LogP) is 7.38. The maximum absolute atomic E-state index is 11.2. The van der Waals surface area contributed by atoms with Crippen molar-refractivity contribution in [2.75, 3.05) is 26.2 Å². The molecule has 290 valence electrons. The average Bonchev–Trinajstić information content (AvgIpc) is 3.87. The number of benzene rings is 1. The first-order valence-electron chi connectivity index (χ1n) is 20.4. The molecule has 6 atom stereocenters. The normalized spacial score (nSPS) is 20.3. The summed E-state index contributed by atoms with van der Waals surface area (Å²) in [4.78, 5) is 3.54. The number of ether oxygens (including phenoxy) is 1. The Morgan fingerprint density at radius 3 is 2.60 bits per heavy atom. The summed E-state index contributed by atoms with van der Waals surface area (Å²) >= 11 is 0. The van der Waals surface area contributed by atoms with Crippen LogP contribution in [-0.4, -0.2) is 57.8 Å². The number of hydrogen-bond donors (Lipinski definition) is 7. The summed E-state index contributed by atoms with van der Waals surface area (Å²) in [6.07, 6.45) is 16.4. The zero-order chi connectivity index (χ0) is 36.9. The van der Waals surface area contributed by atoms with E-state index in [1.807, 2.05) is 25.1 Å². The van der Waals surface area contributed by atoms with Crippen molar-refractivity contribution in [3.8, 4) is 11.5 Å². The van der Waals surface area contributed by atoms with Crippen LogP contribution in [0.2, 0.25) is 0 Å². The van der Waals surface area contributed by atoms with E-state index in [2.05, 4.69) is 23.3 Å². The molecule has 2 aromatic heterocycles. The number of phenols is 1. The second kappa shape index (κ2) is 20.6. The second-order valence-electron chi connectivity index (χ2n) is 15.8. The molecule has 52 heavy (non-hydrogen) atoms. The van der Waals surface area contributed by atoms with Gasteiger partial charge in [0.05, 0.1) is 12.7 Å². The molecule has 0 spiro atoms. The molecule has 0 amide bonds. The minimum atomic E-state index is -0.869. The van der Waals surface area contributed by atoms with E-state index in [4.69, 9.17) is 14.9 Å². The molecular formula is C43H67N3O6. The lowest BCUT2D eigenvalue weighted by atomic mass is 9.80. The van der Waals surface area contributed by atoms with E-state index < -0.39 is 6.10 Å². The van der Waals surface area contributed by atoms with Gasteiger partial charge >= 0.3 is 0 Å². The van der Waals surface area contributed by atoms with Gasteiger partial charge in [-0.3, -0.25) is 0 Å². The standard InChI is InChI=1S/C43H67N3O6/c1-3-4-5-9-30(20-21-44)10-6-7-13-42-33(27-47)23-34(52-42)17-14-31-15-19-40(49)43(22-31)51-28-41(50)39-24-36-37(26-45-25-29(2)48)35-12-8-11-32(35)16-18-38(36)46-39/h15,19,22-24,29-30,32,35,37,41,45-50H,3-14,16-18,20-21,25-28,44H2,1-2H3. The lowest BCUT2D eigenvalue weighted by molar-refractivity contribution is 0.103. The number of H-pyrrole nitrogens is 1. The number of aromatic amines is 1. The molecule has 1 aromatic carbocycles. The van der Waals surface area contributed by atoms with Gasteiger partial charge in [-0.1, -0.05) is 64.4 Å². The Balaban J connectivity index is 1.13. The largest absolute Gasteiger partial charge is 0.504 e. The molecule has 8 N–H and O–H groups in total. The number of hydrogen-bond acceptors (Lipinski definition) is 8. The molecular weight excluding hydrogens is 654 g/mol. The Bertz CT molecular complexity index is 1480. The summed E-state index contributed by atoms with van der Waals surface area (Å²) in [6, 6.07) is 9.47. The van der Waals surface area contributed by atoms with Crippen LogP contribution < -0.4 is 15.8 Å². The van der Waals surface area contributed by atoms with Crippen molar-refractivity contribution in [1.82, 2.24) is 10.3 Å². The third-order valence-electron chi connectivity index (χ3n) is 11.8. The molecule has 0 aliphatic heterocycles. The fraction of sp³-hybridized carbons (Fsp3) is 0.674. The molecule has 2 heterocycles. The van der Waals surface area contributed by atoms with E-state index in [0.29, 0.717) is 42.9 Å². The zero-order valence-electron chi connectivity index (χ0n) is 31.9. The minimum Gasteiger partial charge on any atom is -0.504 e. The van der Waals surface area contributed by atoms with Crippen LogP contribution in [0.1, 0.15) is 143 Å². The third-order valence-corrected chi connectivity index (χ3v) is 11.8. The number of phenolic OH excluding ortho intramolecular Hbond substituents is 1. The zero-order valence-corrected chi connectivity index (χ0v) is 31.9. The fourth-order valence-electron chi connectivity index (χ4n) is 8.90. The Kier molecular flexibility index (Phi) is 16.0. The van der Waals surface area contributed by atoms with Gasteiger partial charge in [-0.15, -0.1) is 0 Å². The lowest BCUT2D eigenvalue weighted by Gasteiger charge is -2.27. The molecule has 0 bridgehead atoms. The summed E-state index contributed by atoms with van der Waals surface area (Å²) < 4.78 is 12.3. The van der Waals surface area contributed by atoms with Gasteiger partial charge in [0.25, 0.3) is 0 Å². The summed E-state index contributed by atoms with van der Waals surface area (Å²) in [7, 11) is 0. The number of aliphatic hydroxyl groups excluding tert-OH is 3. The molecule has 6 unspecified atom stereocenters. The molecule has 1 fully saturated rings. The summed E-state index contributed by atoms with van der Waals surface area (Å²) in [5.74, 6) is 4.51. The summed E-state index contributed by atoms with van der Waals surface area (Å²) in [5.41, 5.74) is 11.0. The van der Waals surface area contributed by atoms with E-state index in [1.165, 1.54) is 62.6 Å². The third kappa shape index (κ3) is 11.3. The molecule has 0 saturated heterocycles.